The van der Waals surface area contributed by atoms with Gasteiger partial charge in [-0.3, -0.25) is 0 Å². The van der Waals surface area contributed by atoms with Gasteiger partial charge in [-0.05, 0) is 91.3 Å². The van der Waals surface area contributed by atoms with Gasteiger partial charge in [-0.2, -0.15) is 0 Å². The summed E-state index contributed by atoms with van der Waals surface area (Å²) in [6.45, 7) is 9.72. The molecule has 3 heteroatoms. The molecule has 27 heavy (non-hydrogen) atoms. The maximum atomic E-state index is 10.5. The van der Waals surface area contributed by atoms with E-state index in [0.717, 1.165) is 30.1 Å². The second kappa shape index (κ2) is 6.71. The Balaban J connectivity index is 1.59. The quantitative estimate of drug-likeness (QED) is 0.622. The summed E-state index contributed by atoms with van der Waals surface area (Å²) in [5, 5.41) is 31.1. The Bertz CT molecular complexity index is 560. The number of hydrogen-bond donors (Lipinski definition) is 3. The second-order valence-corrected chi connectivity index (χ2v) is 11.5. The number of rotatable bonds is 3. The minimum absolute atomic E-state index is 0.0277. The van der Waals surface area contributed by atoms with Crippen molar-refractivity contribution >= 4 is 0 Å². The van der Waals surface area contributed by atoms with Crippen molar-refractivity contribution < 1.29 is 15.3 Å². The molecular formula is C24H42O3. The van der Waals surface area contributed by atoms with Gasteiger partial charge in [0.2, 0.25) is 0 Å². The van der Waals surface area contributed by atoms with Crippen LogP contribution in [-0.2, 0) is 0 Å². The summed E-state index contributed by atoms with van der Waals surface area (Å²) in [6, 6.07) is 0. The van der Waals surface area contributed by atoms with Crippen LogP contribution in [0.2, 0.25) is 0 Å². The van der Waals surface area contributed by atoms with Crippen molar-refractivity contribution in [3.05, 3.63) is 0 Å². The van der Waals surface area contributed by atoms with E-state index in [1.54, 1.807) is 0 Å². The molecule has 0 radical (unpaired) electrons. The average molecular weight is 379 g/mol. The molecule has 0 aromatic carbocycles. The molecule has 0 spiro atoms. The van der Waals surface area contributed by atoms with E-state index >= 15 is 0 Å². The zero-order valence-electron chi connectivity index (χ0n) is 18.0. The molecule has 0 aromatic heterocycles. The zero-order valence-corrected chi connectivity index (χ0v) is 18.0. The minimum Gasteiger partial charge on any atom is -0.388 e. The highest BCUT2D eigenvalue weighted by molar-refractivity contribution is 5.11. The Hall–Kier alpha value is -0.120. The molecule has 0 amide bonds. The van der Waals surface area contributed by atoms with Crippen molar-refractivity contribution in [2.45, 2.75) is 104 Å². The Kier molecular flexibility index (Phi) is 5.01. The van der Waals surface area contributed by atoms with Gasteiger partial charge in [0.15, 0.2) is 5.79 Å². The summed E-state index contributed by atoms with van der Waals surface area (Å²) in [4.78, 5) is 0. The van der Waals surface area contributed by atoms with Crippen LogP contribution < -0.4 is 0 Å². The summed E-state index contributed by atoms with van der Waals surface area (Å²) in [7, 11) is 0. The fraction of sp³-hybridized carbons (Fsp3) is 1.00. The molecule has 1 unspecified atom stereocenters. The third kappa shape index (κ3) is 2.94. The fourth-order valence-electron chi connectivity index (χ4n) is 8.97. The Morgan fingerprint density at radius 2 is 1.67 bits per heavy atom. The second-order valence-electron chi connectivity index (χ2n) is 11.5. The predicted molar refractivity (Wildman–Crippen MR) is 108 cm³/mol. The molecule has 9 atom stereocenters. The Labute approximate surface area is 165 Å². The first kappa shape index (κ1) is 20.2. The van der Waals surface area contributed by atoms with Crippen LogP contribution in [0.5, 0.6) is 0 Å². The number of aliphatic hydroxyl groups is 3. The molecule has 3 N–H and O–H groups in total. The summed E-state index contributed by atoms with van der Waals surface area (Å²) < 4.78 is 0. The molecule has 0 aromatic rings. The summed E-state index contributed by atoms with van der Waals surface area (Å²) in [5.41, 5.74) is 0.461. The van der Waals surface area contributed by atoms with Crippen LogP contribution in [0.25, 0.3) is 0 Å². The maximum Gasteiger partial charge on any atom is 0.189 e. The monoisotopic (exact) mass is 378 g/mol. The normalized spacial score (nSPS) is 52.6. The van der Waals surface area contributed by atoms with Crippen molar-refractivity contribution in [3.8, 4) is 0 Å². The number of aliphatic hydroxyl groups excluding tert-OH is 1. The highest BCUT2D eigenvalue weighted by Crippen LogP contribution is 2.68. The van der Waals surface area contributed by atoms with Gasteiger partial charge in [0.25, 0.3) is 0 Å². The molecule has 4 fully saturated rings. The van der Waals surface area contributed by atoms with Gasteiger partial charge in [0, 0.05) is 6.42 Å². The molecular weight excluding hydrogens is 336 g/mol. The largest absolute Gasteiger partial charge is 0.388 e. The van der Waals surface area contributed by atoms with Gasteiger partial charge in [-0.1, -0.05) is 40.5 Å². The van der Waals surface area contributed by atoms with E-state index in [0.29, 0.717) is 30.1 Å². The van der Waals surface area contributed by atoms with Crippen LogP contribution in [0.1, 0.15) is 91.9 Å². The molecule has 0 bridgehead atoms. The van der Waals surface area contributed by atoms with Gasteiger partial charge >= 0.3 is 0 Å². The van der Waals surface area contributed by atoms with Crippen molar-refractivity contribution in [1.82, 2.24) is 0 Å². The van der Waals surface area contributed by atoms with Crippen LogP contribution in [0, 0.1) is 46.3 Å². The lowest BCUT2D eigenvalue weighted by atomic mass is 9.44. The molecule has 156 valence electrons. The summed E-state index contributed by atoms with van der Waals surface area (Å²) in [6.07, 6.45) is 10.4. The molecule has 4 aliphatic rings. The van der Waals surface area contributed by atoms with Crippen LogP contribution >= 0.6 is 0 Å². The fourth-order valence-corrected chi connectivity index (χ4v) is 8.97. The van der Waals surface area contributed by atoms with E-state index in [9.17, 15) is 15.3 Å². The molecule has 3 nitrogen and oxygen atoms in total. The zero-order chi connectivity index (χ0) is 19.6. The summed E-state index contributed by atoms with van der Waals surface area (Å²) >= 11 is 0. The van der Waals surface area contributed by atoms with E-state index in [4.69, 9.17) is 0 Å². The maximum absolute atomic E-state index is 10.5. The van der Waals surface area contributed by atoms with Crippen molar-refractivity contribution in [3.63, 3.8) is 0 Å². The van der Waals surface area contributed by atoms with Crippen LogP contribution in [0.15, 0.2) is 0 Å². The lowest BCUT2D eigenvalue weighted by Gasteiger charge is -2.62. The van der Waals surface area contributed by atoms with E-state index in [1.807, 2.05) is 0 Å². The highest BCUT2D eigenvalue weighted by Gasteiger charge is 2.63. The highest BCUT2D eigenvalue weighted by atomic mass is 16.5. The van der Waals surface area contributed by atoms with Crippen LogP contribution in [0.3, 0.4) is 0 Å². The summed E-state index contributed by atoms with van der Waals surface area (Å²) in [5.74, 6) is 2.41. The van der Waals surface area contributed by atoms with E-state index < -0.39 is 11.9 Å². The van der Waals surface area contributed by atoms with Gasteiger partial charge < -0.3 is 15.3 Å². The molecule has 0 aliphatic heterocycles. The molecule has 0 saturated heterocycles. The average Bonchev–Trinajstić information content (AvgIpc) is 2.93. The van der Waals surface area contributed by atoms with E-state index in [-0.39, 0.29) is 5.41 Å². The molecule has 0 heterocycles. The first-order chi connectivity index (χ1) is 12.6. The minimum atomic E-state index is -1.90. The number of fused-ring (bicyclic) bond motifs is 5. The predicted octanol–water partition coefficient (Wildman–Crippen LogP) is 4.73. The van der Waals surface area contributed by atoms with Gasteiger partial charge in [0.05, 0.1) is 0 Å². The molecule has 4 aliphatic carbocycles. The molecule has 4 saturated carbocycles. The van der Waals surface area contributed by atoms with Crippen molar-refractivity contribution in [2.24, 2.45) is 46.3 Å². The topological polar surface area (TPSA) is 60.7 Å². The van der Waals surface area contributed by atoms with Crippen LogP contribution in [-0.4, -0.2) is 27.2 Å². The first-order valence-corrected chi connectivity index (χ1v) is 11.8. The molecule has 4 rings (SSSR count). The number of hydrogen-bond acceptors (Lipinski definition) is 3. The van der Waals surface area contributed by atoms with Gasteiger partial charge in [0.1, 0.15) is 6.10 Å². The SMILES string of the molecule is CCC[C@@H](C)[C@H]1CC[C@H]2[C@@H]3CC[C@@H]4CC(O)C(O)(O)C[C@]4(C)[C@H]3CC[C@]12C. The smallest absolute Gasteiger partial charge is 0.189 e. The third-order valence-corrected chi connectivity index (χ3v) is 10.3. The first-order valence-electron chi connectivity index (χ1n) is 11.8. The lowest BCUT2D eigenvalue weighted by molar-refractivity contribution is -0.289. The Morgan fingerprint density at radius 3 is 2.37 bits per heavy atom. The van der Waals surface area contributed by atoms with Crippen molar-refractivity contribution in [2.75, 3.05) is 0 Å². The Morgan fingerprint density at radius 1 is 0.963 bits per heavy atom. The van der Waals surface area contributed by atoms with E-state index in [1.165, 1.54) is 44.9 Å². The van der Waals surface area contributed by atoms with E-state index in [2.05, 4.69) is 27.7 Å². The standard InChI is InChI=1S/C24H42O3/c1-5-6-15(2)18-9-10-19-17-8-7-16-13-21(25)24(26,27)14-23(16,4)20(17)11-12-22(18,19)3/h15-21,25-27H,5-14H2,1-4H3/t15-,16-,17+,18-,19+,20+,21?,22-,23+/m1/s1. The van der Waals surface area contributed by atoms with Crippen LogP contribution in [0.4, 0.5) is 0 Å². The van der Waals surface area contributed by atoms with Crippen molar-refractivity contribution in [1.29, 1.82) is 0 Å². The third-order valence-electron chi connectivity index (χ3n) is 10.3. The lowest BCUT2D eigenvalue weighted by Crippen LogP contribution is -2.60. The van der Waals surface area contributed by atoms with Gasteiger partial charge in [-0.15, -0.1) is 0 Å². The van der Waals surface area contributed by atoms with Gasteiger partial charge in [-0.25, -0.2) is 0 Å².